The highest BCUT2D eigenvalue weighted by Crippen LogP contribution is 2.39. The maximum Gasteiger partial charge on any atom is 0.231 e. The average molecular weight is 199 g/mol. The van der Waals surface area contributed by atoms with Gasteiger partial charge in [-0.3, -0.25) is 4.79 Å². The highest BCUT2D eigenvalue weighted by molar-refractivity contribution is 6.33. The first kappa shape index (κ1) is 8.38. The monoisotopic (exact) mass is 198 g/mol. The average Bonchev–Trinajstić information content (AvgIpc) is 2.53. The van der Waals surface area contributed by atoms with E-state index < -0.39 is 0 Å². The predicted octanol–water partition coefficient (Wildman–Crippen LogP) is 2.19. The summed E-state index contributed by atoms with van der Waals surface area (Å²) in [6.07, 6.45) is 0.722. The number of hydrogen-bond donors (Lipinski definition) is 0. The van der Waals surface area contributed by atoms with Crippen molar-refractivity contribution in [3.05, 3.63) is 22.2 Å². The minimum atomic E-state index is 0.189. The Balaban J connectivity index is 2.69. The quantitative estimate of drug-likeness (QED) is 0.649. The molecule has 1 aliphatic heterocycles. The van der Waals surface area contributed by atoms with Crippen LogP contribution in [0.15, 0.2) is 6.07 Å². The van der Waals surface area contributed by atoms with Crippen LogP contribution in [0.3, 0.4) is 0 Å². The number of benzene rings is 1. The van der Waals surface area contributed by atoms with E-state index in [4.69, 9.17) is 21.1 Å². The van der Waals surface area contributed by atoms with Crippen LogP contribution in [0, 0.1) is 6.92 Å². The van der Waals surface area contributed by atoms with E-state index in [2.05, 4.69) is 0 Å². The lowest BCUT2D eigenvalue weighted by Gasteiger charge is -2.04. The van der Waals surface area contributed by atoms with Crippen LogP contribution in [0.5, 0.6) is 11.5 Å². The van der Waals surface area contributed by atoms with Crippen LogP contribution in [-0.2, 0) is 0 Å². The van der Waals surface area contributed by atoms with Gasteiger partial charge in [0.05, 0.1) is 5.02 Å². The van der Waals surface area contributed by atoms with Gasteiger partial charge in [0.25, 0.3) is 0 Å². The summed E-state index contributed by atoms with van der Waals surface area (Å²) in [5.74, 6) is 1.22. The first-order valence-corrected chi connectivity index (χ1v) is 4.15. The molecule has 2 rings (SSSR count). The molecular weight excluding hydrogens is 192 g/mol. The van der Waals surface area contributed by atoms with Gasteiger partial charge in [-0.25, -0.2) is 0 Å². The van der Waals surface area contributed by atoms with Gasteiger partial charge >= 0.3 is 0 Å². The van der Waals surface area contributed by atoms with Gasteiger partial charge in [-0.2, -0.15) is 0 Å². The molecule has 0 aliphatic carbocycles. The van der Waals surface area contributed by atoms with Crippen LogP contribution < -0.4 is 9.47 Å². The van der Waals surface area contributed by atoms with E-state index in [1.165, 1.54) is 0 Å². The molecule has 4 heteroatoms. The second-order valence-corrected chi connectivity index (χ2v) is 3.16. The molecule has 1 aromatic carbocycles. The van der Waals surface area contributed by atoms with E-state index in [9.17, 15) is 4.79 Å². The Hall–Kier alpha value is -1.22. The summed E-state index contributed by atoms with van der Waals surface area (Å²) >= 11 is 5.85. The summed E-state index contributed by atoms with van der Waals surface area (Å²) in [6, 6.07) is 1.60. The van der Waals surface area contributed by atoms with E-state index in [1.54, 1.807) is 13.0 Å². The molecule has 0 radical (unpaired) electrons. The van der Waals surface area contributed by atoms with Crippen molar-refractivity contribution in [1.82, 2.24) is 0 Å². The highest BCUT2D eigenvalue weighted by Gasteiger charge is 2.20. The number of aldehydes is 1. The standard InChI is InChI=1S/C9H7ClO3/c1-5-6(3-11)7(10)2-8-9(5)13-4-12-8/h2-3H,4H2,1H3. The van der Waals surface area contributed by atoms with Crippen LogP contribution in [0.2, 0.25) is 5.02 Å². The van der Waals surface area contributed by atoms with Crippen LogP contribution >= 0.6 is 11.6 Å². The molecule has 13 heavy (non-hydrogen) atoms. The second kappa shape index (κ2) is 2.92. The van der Waals surface area contributed by atoms with E-state index in [0.29, 0.717) is 22.1 Å². The molecule has 0 fully saturated rings. The second-order valence-electron chi connectivity index (χ2n) is 2.75. The molecule has 1 aromatic rings. The molecular formula is C9H7ClO3. The molecule has 0 unspecified atom stereocenters. The lowest BCUT2D eigenvalue weighted by molar-refractivity contribution is 0.112. The number of halogens is 1. The molecule has 3 nitrogen and oxygen atoms in total. The van der Waals surface area contributed by atoms with Crippen molar-refractivity contribution in [3.8, 4) is 11.5 Å². The lowest BCUT2D eigenvalue weighted by Crippen LogP contribution is -1.94. The largest absolute Gasteiger partial charge is 0.454 e. The van der Waals surface area contributed by atoms with E-state index >= 15 is 0 Å². The fourth-order valence-electron chi connectivity index (χ4n) is 1.33. The number of ether oxygens (including phenoxy) is 2. The van der Waals surface area contributed by atoms with Gasteiger partial charge < -0.3 is 9.47 Å². The molecule has 0 saturated heterocycles. The highest BCUT2D eigenvalue weighted by atomic mass is 35.5. The van der Waals surface area contributed by atoms with Crippen LogP contribution in [0.4, 0.5) is 0 Å². The number of hydrogen-bond acceptors (Lipinski definition) is 3. The molecule has 0 N–H and O–H groups in total. The smallest absolute Gasteiger partial charge is 0.231 e. The Morgan fingerprint density at radius 1 is 1.54 bits per heavy atom. The third-order valence-corrected chi connectivity index (χ3v) is 2.33. The minimum Gasteiger partial charge on any atom is -0.454 e. The molecule has 1 heterocycles. The Kier molecular flexibility index (Phi) is 1.88. The van der Waals surface area contributed by atoms with Gasteiger partial charge in [0, 0.05) is 17.2 Å². The van der Waals surface area contributed by atoms with Gasteiger partial charge in [0.1, 0.15) is 0 Å². The van der Waals surface area contributed by atoms with Gasteiger partial charge in [-0.1, -0.05) is 11.6 Å². The molecule has 0 amide bonds. The van der Waals surface area contributed by atoms with Crippen molar-refractivity contribution >= 4 is 17.9 Å². The van der Waals surface area contributed by atoms with E-state index in [0.717, 1.165) is 11.8 Å². The van der Waals surface area contributed by atoms with Crippen molar-refractivity contribution in [3.63, 3.8) is 0 Å². The first-order chi connectivity index (χ1) is 6.24. The van der Waals surface area contributed by atoms with Crippen molar-refractivity contribution in [2.45, 2.75) is 6.92 Å². The molecule has 68 valence electrons. The number of carbonyl (C=O) groups is 1. The van der Waals surface area contributed by atoms with Gasteiger partial charge in [-0.15, -0.1) is 0 Å². The maximum atomic E-state index is 10.7. The van der Waals surface area contributed by atoms with E-state index in [1.807, 2.05) is 0 Å². The minimum absolute atomic E-state index is 0.189. The molecule has 0 saturated carbocycles. The zero-order chi connectivity index (χ0) is 9.42. The molecule has 1 aliphatic rings. The predicted molar refractivity (Wildman–Crippen MR) is 47.7 cm³/mol. The lowest BCUT2D eigenvalue weighted by atomic mass is 10.1. The first-order valence-electron chi connectivity index (χ1n) is 3.78. The SMILES string of the molecule is Cc1c(C=O)c(Cl)cc2c1OCO2. The maximum absolute atomic E-state index is 10.7. The summed E-state index contributed by atoms with van der Waals surface area (Å²) in [7, 11) is 0. The molecule has 0 spiro atoms. The van der Waals surface area contributed by atoms with Crippen molar-refractivity contribution in [2.75, 3.05) is 6.79 Å². The Morgan fingerprint density at radius 2 is 2.31 bits per heavy atom. The van der Waals surface area contributed by atoms with E-state index in [-0.39, 0.29) is 6.79 Å². The number of carbonyl (C=O) groups excluding carboxylic acids is 1. The van der Waals surface area contributed by atoms with Gasteiger partial charge in [0.2, 0.25) is 6.79 Å². The summed E-state index contributed by atoms with van der Waals surface area (Å²) in [5.41, 5.74) is 1.20. The summed E-state index contributed by atoms with van der Waals surface area (Å²) in [4.78, 5) is 10.7. The summed E-state index contributed by atoms with van der Waals surface area (Å²) in [5, 5.41) is 0.400. The summed E-state index contributed by atoms with van der Waals surface area (Å²) in [6.45, 7) is 1.97. The number of rotatable bonds is 1. The third-order valence-electron chi connectivity index (χ3n) is 2.02. The third kappa shape index (κ3) is 1.16. The normalized spacial score (nSPS) is 13.1. The Labute approximate surface area is 80.2 Å². The number of fused-ring (bicyclic) bond motifs is 1. The zero-order valence-corrected chi connectivity index (χ0v) is 7.72. The topological polar surface area (TPSA) is 35.5 Å². The Morgan fingerprint density at radius 3 is 3.00 bits per heavy atom. The van der Waals surface area contributed by atoms with Crippen LogP contribution in [0.25, 0.3) is 0 Å². The summed E-state index contributed by atoms with van der Waals surface area (Å²) < 4.78 is 10.3. The van der Waals surface area contributed by atoms with Gasteiger partial charge in [-0.05, 0) is 6.92 Å². The zero-order valence-electron chi connectivity index (χ0n) is 6.96. The molecule has 0 aromatic heterocycles. The molecule has 0 atom stereocenters. The van der Waals surface area contributed by atoms with Crippen molar-refractivity contribution in [2.24, 2.45) is 0 Å². The van der Waals surface area contributed by atoms with Crippen LogP contribution in [-0.4, -0.2) is 13.1 Å². The Bertz CT molecular complexity index is 374. The van der Waals surface area contributed by atoms with Gasteiger partial charge in [0.15, 0.2) is 17.8 Å². The van der Waals surface area contributed by atoms with Crippen molar-refractivity contribution in [1.29, 1.82) is 0 Å². The molecule has 0 bridgehead atoms. The van der Waals surface area contributed by atoms with Crippen LogP contribution in [0.1, 0.15) is 15.9 Å². The van der Waals surface area contributed by atoms with Crippen molar-refractivity contribution < 1.29 is 14.3 Å². The fourth-order valence-corrected chi connectivity index (χ4v) is 1.61. The fraction of sp³-hybridized carbons (Fsp3) is 0.222.